The quantitative estimate of drug-likeness (QED) is 0.551. The molecule has 1 heterocycles. The molecule has 0 spiro atoms. The number of carbonyl (C=O) groups is 1. The number of ether oxygens (including phenoxy) is 1. The van der Waals surface area contributed by atoms with E-state index in [2.05, 4.69) is 10.4 Å². The first-order valence-electron chi connectivity index (χ1n) is 7.44. The van der Waals surface area contributed by atoms with E-state index < -0.39 is 23.9 Å². The van der Waals surface area contributed by atoms with E-state index in [0.717, 1.165) is 12.1 Å². The minimum Gasteiger partial charge on any atom is -0.487 e. The van der Waals surface area contributed by atoms with Crippen molar-refractivity contribution in [2.24, 2.45) is 0 Å². The van der Waals surface area contributed by atoms with Gasteiger partial charge in [-0.25, -0.2) is 8.78 Å². The molecule has 26 heavy (non-hydrogen) atoms. The van der Waals surface area contributed by atoms with Gasteiger partial charge in [0.2, 0.25) is 5.91 Å². The second-order valence-corrected chi connectivity index (χ2v) is 5.71. The molecule has 0 aliphatic heterocycles. The lowest BCUT2D eigenvalue weighted by Crippen LogP contribution is -2.15. The Morgan fingerprint density at radius 2 is 2.19 bits per heavy atom. The molecule has 0 aliphatic carbocycles. The van der Waals surface area contributed by atoms with Crippen molar-refractivity contribution >= 4 is 28.9 Å². The zero-order valence-corrected chi connectivity index (χ0v) is 14.4. The van der Waals surface area contributed by atoms with E-state index in [1.54, 1.807) is 13.1 Å². The Hall–Kier alpha value is -2.75. The van der Waals surface area contributed by atoms with Gasteiger partial charge in [-0.15, -0.1) is 0 Å². The molecular weight excluding hydrogens is 374 g/mol. The van der Waals surface area contributed by atoms with E-state index in [1.807, 2.05) is 0 Å². The van der Waals surface area contributed by atoms with Crippen molar-refractivity contribution in [1.82, 2.24) is 9.78 Å². The van der Waals surface area contributed by atoms with E-state index in [4.69, 9.17) is 16.3 Å². The molecule has 140 valence electrons. The Bertz CT molecular complexity index is 793. The molecule has 0 bridgehead atoms. The van der Waals surface area contributed by atoms with E-state index in [9.17, 15) is 23.7 Å². The fourth-order valence-electron chi connectivity index (χ4n) is 2.05. The van der Waals surface area contributed by atoms with Crippen LogP contribution in [0.25, 0.3) is 0 Å². The molecular formula is C15H15ClF2N4O4. The molecule has 0 atom stereocenters. The number of non-ortho nitro benzene ring substituents is 1. The highest BCUT2D eigenvalue weighted by atomic mass is 35.5. The lowest BCUT2D eigenvalue weighted by molar-refractivity contribution is -0.384. The number of halogens is 3. The predicted octanol–water partition coefficient (Wildman–Crippen LogP) is 3.43. The number of aryl methyl sites for hydroxylation is 2. The van der Waals surface area contributed by atoms with E-state index in [-0.39, 0.29) is 30.1 Å². The lowest BCUT2D eigenvalue weighted by atomic mass is 10.2. The summed E-state index contributed by atoms with van der Waals surface area (Å²) in [5.41, 5.74) is 0.316. The summed E-state index contributed by atoms with van der Waals surface area (Å²) >= 11 is 5.88. The summed E-state index contributed by atoms with van der Waals surface area (Å²) in [5.74, 6) is -0.570. The Labute approximate surface area is 151 Å². The van der Waals surface area contributed by atoms with Crippen molar-refractivity contribution in [3.8, 4) is 5.75 Å². The standard InChI is InChI=1S/C15H15ClF2N4O4/c1-9-13(16)7-21(20-9)3-2-15(23)19-10-4-11(22(24)25)6-12(5-10)26-8-14(17)18/h4-7,14H,2-3,8H2,1H3,(H,19,23). The molecule has 0 unspecified atom stereocenters. The average molecular weight is 389 g/mol. The number of amides is 1. The van der Waals surface area contributed by atoms with Gasteiger partial charge in [-0.05, 0) is 6.92 Å². The predicted molar refractivity (Wildman–Crippen MR) is 89.8 cm³/mol. The molecule has 2 rings (SSSR count). The first-order chi connectivity index (χ1) is 12.2. The first kappa shape index (κ1) is 19.6. The number of hydrogen-bond donors (Lipinski definition) is 1. The van der Waals surface area contributed by atoms with Crippen LogP contribution in [0.4, 0.5) is 20.2 Å². The Kier molecular flexibility index (Phi) is 6.45. The van der Waals surface area contributed by atoms with Crippen LogP contribution in [0.3, 0.4) is 0 Å². The Morgan fingerprint density at radius 1 is 1.46 bits per heavy atom. The number of nitrogens with zero attached hydrogens (tertiary/aromatic N) is 3. The fraction of sp³-hybridized carbons (Fsp3) is 0.333. The van der Waals surface area contributed by atoms with Gasteiger partial charge in [-0.3, -0.25) is 19.6 Å². The molecule has 8 nitrogen and oxygen atoms in total. The van der Waals surface area contributed by atoms with Crippen LogP contribution in [-0.4, -0.2) is 33.6 Å². The second-order valence-electron chi connectivity index (χ2n) is 5.30. The van der Waals surface area contributed by atoms with Gasteiger partial charge in [0, 0.05) is 31.3 Å². The molecule has 0 radical (unpaired) electrons. The molecule has 0 saturated heterocycles. The largest absolute Gasteiger partial charge is 0.487 e. The van der Waals surface area contributed by atoms with Crippen molar-refractivity contribution < 1.29 is 23.2 Å². The summed E-state index contributed by atoms with van der Waals surface area (Å²) < 4.78 is 30.8. The molecule has 1 N–H and O–H groups in total. The minimum absolute atomic E-state index is 0.0351. The molecule has 1 aromatic heterocycles. The van der Waals surface area contributed by atoms with Gasteiger partial charge in [0.05, 0.1) is 27.4 Å². The molecule has 1 amide bonds. The number of nitro groups is 1. The highest BCUT2D eigenvalue weighted by Crippen LogP contribution is 2.26. The summed E-state index contributed by atoms with van der Waals surface area (Å²) in [6, 6.07) is 3.36. The lowest BCUT2D eigenvalue weighted by Gasteiger charge is -2.09. The third-order valence-corrected chi connectivity index (χ3v) is 3.59. The maximum Gasteiger partial charge on any atom is 0.275 e. The van der Waals surface area contributed by atoms with Crippen molar-refractivity contribution in [2.75, 3.05) is 11.9 Å². The number of rotatable bonds is 8. The molecule has 0 fully saturated rings. The summed E-state index contributed by atoms with van der Waals surface area (Å²) in [6.07, 6.45) is -1.11. The zero-order valence-electron chi connectivity index (χ0n) is 13.6. The summed E-state index contributed by atoms with van der Waals surface area (Å²) in [7, 11) is 0. The number of alkyl halides is 2. The van der Waals surface area contributed by atoms with E-state index >= 15 is 0 Å². The summed E-state index contributed by atoms with van der Waals surface area (Å²) in [4.78, 5) is 22.3. The Balaban J connectivity index is 2.03. The van der Waals surface area contributed by atoms with Gasteiger partial charge in [0.15, 0.2) is 0 Å². The summed E-state index contributed by atoms with van der Waals surface area (Å²) in [5, 5.41) is 18.0. The Morgan fingerprint density at radius 3 is 2.77 bits per heavy atom. The highest BCUT2D eigenvalue weighted by Gasteiger charge is 2.14. The molecule has 0 aliphatic rings. The second kappa shape index (κ2) is 8.56. The highest BCUT2D eigenvalue weighted by molar-refractivity contribution is 6.31. The zero-order chi connectivity index (χ0) is 19.3. The number of anilines is 1. The van der Waals surface area contributed by atoms with Crippen molar-refractivity contribution in [1.29, 1.82) is 0 Å². The van der Waals surface area contributed by atoms with Crippen molar-refractivity contribution in [3.05, 3.63) is 45.2 Å². The van der Waals surface area contributed by atoms with Crippen LogP contribution in [0.1, 0.15) is 12.1 Å². The van der Waals surface area contributed by atoms with Gasteiger partial charge in [0.1, 0.15) is 12.4 Å². The average Bonchev–Trinajstić information content (AvgIpc) is 2.89. The maximum atomic E-state index is 12.2. The SMILES string of the molecule is Cc1nn(CCC(=O)Nc2cc(OCC(F)F)cc([N+](=O)[O-])c2)cc1Cl. The first-order valence-corrected chi connectivity index (χ1v) is 7.82. The van der Waals surface area contributed by atoms with E-state index in [1.165, 1.54) is 10.7 Å². The topological polar surface area (TPSA) is 99.3 Å². The molecule has 11 heteroatoms. The number of carbonyl (C=O) groups excluding carboxylic acids is 1. The van der Waals surface area contributed by atoms with Gasteiger partial charge in [-0.1, -0.05) is 11.6 Å². The van der Waals surface area contributed by atoms with Crippen LogP contribution in [0.5, 0.6) is 5.75 Å². The van der Waals surface area contributed by atoms with Crippen LogP contribution < -0.4 is 10.1 Å². The third kappa shape index (κ3) is 5.66. The van der Waals surface area contributed by atoms with Crippen molar-refractivity contribution in [2.45, 2.75) is 26.3 Å². The van der Waals surface area contributed by atoms with E-state index in [0.29, 0.717) is 10.7 Å². The van der Waals surface area contributed by atoms with Crippen LogP contribution >= 0.6 is 11.6 Å². The number of hydrogen-bond acceptors (Lipinski definition) is 5. The normalized spacial score (nSPS) is 10.8. The number of nitrogens with one attached hydrogen (secondary N) is 1. The number of aromatic nitrogens is 2. The monoisotopic (exact) mass is 388 g/mol. The molecule has 1 aromatic carbocycles. The third-order valence-electron chi connectivity index (χ3n) is 3.22. The van der Waals surface area contributed by atoms with Crippen LogP contribution in [0.15, 0.2) is 24.4 Å². The number of benzene rings is 1. The van der Waals surface area contributed by atoms with Gasteiger partial charge < -0.3 is 10.1 Å². The minimum atomic E-state index is -2.73. The van der Waals surface area contributed by atoms with Gasteiger partial charge in [-0.2, -0.15) is 5.10 Å². The summed E-state index contributed by atoms with van der Waals surface area (Å²) in [6.45, 7) is 1.07. The van der Waals surface area contributed by atoms with Gasteiger partial charge >= 0.3 is 0 Å². The smallest absolute Gasteiger partial charge is 0.275 e. The fourth-order valence-corrected chi connectivity index (χ4v) is 2.20. The molecule has 0 saturated carbocycles. The maximum absolute atomic E-state index is 12.2. The van der Waals surface area contributed by atoms with Crippen LogP contribution in [-0.2, 0) is 11.3 Å². The number of nitro benzene ring substituents is 1. The van der Waals surface area contributed by atoms with Crippen molar-refractivity contribution in [3.63, 3.8) is 0 Å². The van der Waals surface area contributed by atoms with Crippen LogP contribution in [0, 0.1) is 17.0 Å². The van der Waals surface area contributed by atoms with Crippen LogP contribution in [0.2, 0.25) is 5.02 Å². The molecule has 2 aromatic rings. The van der Waals surface area contributed by atoms with Gasteiger partial charge in [0.25, 0.3) is 12.1 Å².